The second kappa shape index (κ2) is 7.56. The van der Waals surface area contributed by atoms with Crippen molar-refractivity contribution in [1.29, 1.82) is 0 Å². The van der Waals surface area contributed by atoms with Crippen molar-refractivity contribution < 1.29 is 18.7 Å². The largest absolute Gasteiger partial charge is 0.462 e. The summed E-state index contributed by atoms with van der Waals surface area (Å²) in [6.45, 7) is 3.81. The van der Waals surface area contributed by atoms with Gasteiger partial charge in [0.05, 0.1) is 33.5 Å². The third kappa shape index (κ3) is 3.79. The van der Waals surface area contributed by atoms with E-state index in [-0.39, 0.29) is 0 Å². The Morgan fingerprint density at radius 1 is 1.10 bits per heavy atom. The topological polar surface area (TPSA) is 81.2 Å². The van der Waals surface area contributed by atoms with Crippen LogP contribution in [0.5, 0.6) is 0 Å². The number of aryl methyl sites for hydroxylation is 1. The van der Waals surface area contributed by atoms with Gasteiger partial charge in [-0.15, -0.1) is 0 Å². The smallest absolute Gasteiger partial charge is 0.338 e. The average Bonchev–Trinajstić information content (AvgIpc) is 3.09. The van der Waals surface area contributed by atoms with E-state index in [1.165, 1.54) is 23.5 Å². The second-order valence-corrected chi connectivity index (χ2v) is 7.38. The lowest BCUT2D eigenvalue weighted by atomic mass is 10.1. The van der Waals surface area contributed by atoms with Crippen molar-refractivity contribution in [3.63, 3.8) is 0 Å². The summed E-state index contributed by atoms with van der Waals surface area (Å²) >= 11 is 1.24. The maximum absolute atomic E-state index is 13.7. The normalized spacial score (nSPS) is 11.0. The molecule has 0 atom stereocenters. The number of pyridine rings is 1. The molecule has 0 aliphatic heterocycles. The highest BCUT2D eigenvalue weighted by atomic mass is 32.1. The predicted molar refractivity (Wildman–Crippen MR) is 110 cm³/mol. The van der Waals surface area contributed by atoms with E-state index in [9.17, 15) is 14.0 Å². The number of ether oxygens (including phenoxy) is 1. The average molecular weight is 409 g/mol. The zero-order valence-corrected chi connectivity index (χ0v) is 16.5. The van der Waals surface area contributed by atoms with E-state index in [4.69, 9.17) is 4.74 Å². The molecule has 2 aromatic heterocycles. The number of esters is 1. The molecule has 0 aliphatic carbocycles. The standard InChI is InChI=1S/C21H16FN3O3S/c1-3-28-20(27)12-4-6-17-18(9-12)29-21(24-17)25-19(26)15-8-11(2)23-16-7-5-13(22)10-14(15)16/h4-10H,3H2,1-2H3,(H,24,25,26). The molecule has 0 spiro atoms. The molecule has 146 valence electrons. The predicted octanol–water partition coefficient (Wildman–Crippen LogP) is 4.72. The monoisotopic (exact) mass is 409 g/mol. The lowest BCUT2D eigenvalue weighted by molar-refractivity contribution is 0.0526. The number of nitrogens with one attached hydrogen (secondary N) is 1. The van der Waals surface area contributed by atoms with Crippen LogP contribution in [-0.4, -0.2) is 28.5 Å². The molecule has 1 N–H and O–H groups in total. The lowest BCUT2D eigenvalue weighted by Crippen LogP contribution is -2.13. The molecule has 4 rings (SSSR count). The molecule has 0 bridgehead atoms. The number of carbonyl (C=O) groups excluding carboxylic acids is 2. The second-order valence-electron chi connectivity index (χ2n) is 6.35. The van der Waals surface area contributed by atoms with Gasteiger partial charge in [-0.25, -0.2) is 14.2 Å². The number of halogens is 1. The number of benzene rings is 2. The number of anilines is 1. The fraction of sp³-hybridized carbons (Fsp3) is 0.143. The first-order valence-electron chi connectivity index (χ1n) is 8.90. The maximum atomic E-state index is 13.7. The quantitative estimate of drug-likeness (QED) is 0.493. The molecule has 6 nitrogen and oxygen atoms in total. The molecular weight excluding hydrogens is 393 g/mol. The fourth-order valence-electron chi connectivity index (χ4n) is 3.00. The van der Waals surface area contributed by atoms with Crippen LogP contribution in [0.3, 0.4) is 0 Å². The summed E-state index contributed by atoms with van der Waals surface area (Å²) in [6.07, 6.45) is 0. The van der Waals surface area contributed by atoms with E-state index < -0.39 is 17.7 Å². The van der Waals surface area contributed by atoms with Crippen molar-refractivity contribution in [2.45, 2.75) is 13.8 Å². The number of thiazole rings is 1. The van der Waals surface area contributed by atoms with E-state index in [0.29, 0.717) is 45.0 Å². The Hall–Kier alpha value is -3.39. The summed E-state index contributed by atoms with van der Waals surface area (Å²) in [5.41, 5.74) is 2.59. The molecule has 2 heterocycles. The van der Waals surface area contributed by atoms with Crippen LogP contribution in [0.4, 0.5) is 9.52 Å². The van der Waals surface area contributed by atoms with Crippen LogP contribution >= 0.6 is 11.3 Å². The highest BCUT2D eigenvalue weighted by Crippen LogP contribution is 2.28. The summed E-state index contributed by atoms with van der Waals surface area (Å²) in [6, 6.07) is 10.8. The van der Waals surface area contributed by atoms with Crippen LogP contribution in [0, 0.1) is 12.7 Å². The molecule has 0 radical (unpaired) electrons. The van der Waals surface area contributed by atoms with E-state index in [2.05, 4.69) is 15.3 Å². The van der Waals surface area contributed by atoms with E-state index >= 15 is 0 Å². The van der Waals surface area contributed by atoms with E-state index in [0.717, 1.165) is 4.70 Å². The van der Waals surface area contributed by atoms with Crippen LogP contribution in [0.25, 0.3) is 21.1 Å². The molecule has 0 saturated carbocycles. The molecule has 8 heteroatoms. The maximum Gasteiger partial charge on any atom is 0.338 e. The number of carbonyl (C=O) groups is 2. The van der Waals surface area contributed by atoms with Gasteiger partial charge in [-0.05, 0) is 56.3 Å². The number of rotatable bonds is 4. The molecule has 0 aliphatic rings. The Morgan fingerprint density at radius 2 is 1.90 bits per heavy atom. The fourth-order valence-corrected chi connectivity index (χ4v) is 3.90. The van der Waals surface area contributed by atoms with E-state index in [1.807, 2.05) is 0 Å². The van der Waals surface area contributed by atoms with Crippen molar-refractivity contribution in [3.05, 3.63) is 65.1 Å². The molecule has 0 fully saturated rings. The van der Waals surface area contributed by atoms with Gasteiger partial charge in [0.2, 0.25) is 0 Å². The number of hydrogen-bond donors (Lipinski definition) is 1. The van der Waals surface area contributed by atoms with Crippen molar-refractivity contribution in [1.82, 2.24) is 9.97 Å². The number of nitrogens with zero attached hydrogens (tertiary/aromatic N) is 2. The Morgan fingerprint density at radius 3 is 2.69 bits per heavy atom. The Balaban J connectivity index is 1.66. The number of amides is 1. The Labute approximate surface area is 169 Å². The van der Waals surface area contributed by atoms with Crippen molar-refractivity contribution in [2.75, 3.05) is 11.9 Å². The highest BCUT2D eigenvalue weighted by Gasteiger charge is 2.16. The number of fused-ring (bicyclic) bond motifs is 2. The zero-order chi connectivity index (χ0) is 20.5. The van der Waals surface area contributed by atoms with Gasteiger partial charge in [0, 0.05) is 11.1 Å². The van der Waals surface area contributed by atoms with Crippen molar-refractivity contribution >= 4 is 49.5 Å². The van der Waals surface area contributed by atoms with Crippen LogP contribution in [-0.2, 0) is 4.74 Å². The first-order chi connectivity index (χ1) is 13.9. The first-order valence-corrected chi connectivity index (χ1v) is 9.72. The van der Waals surface area contributed by atoms with Crippen molar-refractivity contribution in [2.24, 2.45) is 0 Å². The van der Waals surface area contributed by atoms with Gasteiger partial charge in [0.1, 0.15) is 5.82 Å². The Kier molecular flexibility index (Phi) is 4.94. The zero-order valence-electron chi connectivity index (χ0n) is 15.7. The lowest BCUT2D eigenvalue weighted by Gasteiger charge is -2.07. The third-order valence-electron chi connectivity index (χ3n) is 4.26. The summed E-state index contributed by atoms with van der Waals surface area (Å²) in [5, 5.41) is 3.57. The van der Waals surface area contributed by atoms with Crippen LogP contribution < -0.4 is 5.32 Å². The molecule has 1 amide bonds. The van der Waals surface area contributed by atoms with Gasteiger partial charge in [0.25, 0.3) is 5.91 Å². The minimum absolute atomic E-state index is 0.292. The third-order valence-corrected chi connectivity index (χ3v) is 5.20. The van der Waals surface area contributed by atoms with Gasteiger partial charge in [-0.1, -0.05) is 11.3 Å². The molecule has 0 unspecified atom stereocenters. The van der Waals surface area contributed by atoms with Crippen LogP contribution in [0.15, 0.2) is 42.5 Å². The molecule has 0 saturated heterocycles. The van der Waals surface area contributed by atoms with Gasteiger partial charge in [0.15, 0.2) is 5.13 Å². The molecule has 29 heavy (non-hydrogen) atoms. The van der Waals surface area contributed by atoms with Gasteiger partial charge < -0.3 is 4.74 Å². The molecule has 2 aromatic carbocycles. The summed E-state index contributed by atoms with van der Waals surface area (Å²) in [4.78, 5) is 33.5. The first kappa shape index (κ1) is 18.9. The van der Waals surface area contributed by atoms with Crippen molar-refractivity contribution in [3.8, 4) is 0 Å². The summed E-state index contributed by atoms with van der Waals surface area (Å²) in [7, 11) is 0. The molecule has 4 aromatic rings. The van der Waals surface area contributed by atoms with E-state index in [1.54, 1.807) is 44.2 Å². The highest BCUT2D eigenvalue weighted by molar-refractivity contribution is 7.22. The summed E-state index contributed by atoms with van der Waals surface area (Å²) < 4.78 is 19.4. The van der Waals surface area contributed by atoms with Gasteiger partial charge >= 0.3 is 5.97 Å². The number of aromatic nitrogens is 2. The SMILES string of the molecule is CCOC(=O)c1ccc2nc(NC(=O)c3cc(C)nc4ccc(F)cc34)sc2c1. The summed E-state index contributed by atoms with van der Waals surface area (Å²) in [5.74, 6) is -1.26. The van der Waals surface area contributed by atoms with Gasteiger partial charge in [-0.3, -0.25) is 15.1 Å². The number of hydrogen-bond acceptors (Lipinski definition) is 6. The minimum atomic E-state index is -0.441. The van der Waals surface area contributed by atoms with Gasteiger partial charge in [-0.2, -0.15) is 0 Å². The molecular formula is C21H16FN3O3S. The minimum Gasteiger partial charge on any atom is -0.462 e. The Bertz CT molecular complexity index is 1270. The van der Waals surface area contributed by atoms with Crippen LogP contribution in [0.2, 0.25) is 0 Å². The van der Waals surface area contributed by atoms with Crippen LogP contribution in [0.1, 0.15) is 33.3 Å².